The topological polar surface area (TPSA) is 89.2 Å². The molecule has 0 saturated heterocycles. The van der Waals surface area contributed by atoms with Gasteiger partial charge in [-0.05, 0) is 37.3 Å². The average Bonchev–Trinajstić information content (AvgIpc) is 2.62. The Bertz CT molecular complexity index is 1300. The molecular formula is C19H15N5OS. The van der Waals surface area contributed by atoms with E-state index in [1.807, 2.05) is 37.3 Å². The van der Waals surface area contributed by atoms with Crippen LogP contribution in [-0.4, -0.2) is 18.9 Å². The molecule has 4 aromatic rings. The number of hydrogen-bond acceptors (Lipinski definition) is 4. The highest BCUT2D eigenvalue weighted by Gasteiger charge is 2.15. The van der Waals surface area contributed by atoms with Crippen LogP contribution in [0, 0.1) is 12.3 Å². The summed E-state index contributed by atoms with van der Waals surface area (Å²) in [5, 5.41) is 8.93. The number of benzene rings is 1. The Morgan fingerprint density at radius 2 is 1.92 bits per heavy atom. The maximum atomic E-state index is 13.0. The van der Waals surface area contributed by atoms with Crippen LogP contribution < -0.4 is 16.8 Å². The quantitative estimate of drug-likeness (QED) is 0.422. The van der Waals surface area contributed by atoms with Gasteiger partial charge in [0.05, 0.1) is 10.9 Å². The molecule has 0 unspecified atom stereocenters. The fraction of sp³-hybridized carbons (Fsp3) is 0.0526. The van der Waals surface area contributed by atoms with Crippen LogP contribution in [0.25, 0.3) is 22.4 Å². The SMILES string of the molecule is Cc1ccc(-n2c(=N)c(C(N)=S)cc3c(=O)n4ccccc4nc32)cc1. The number of thiocarbonyl (C=S) groups is 1. The Balaban J connectivity index is 2.26. The molecule has 6 nitrogen and oxygen atoms in total. The molecule has 26 heavy (non-hydrogen) atoms. The summed E-state index contributed by atoms with van der Waals surface area (Å²) in [6.45, 7) is 1.98. The van der Waals surface area contributed by atoms with Crippen molar-refractivity contribution in [3.8, 4) is 5.69 Å². The molecule has 3 heterocycles. The standard InChI is InChI=1S/C19H15N5OS/c1-11-5-7-12(8-6-11)24-16(20)13(17(21)26)10-14-18(24)22-15-4-2-3-9-23(15)19(14)25/h2-10,20H,1H3,(H2,21,26). The molecule has 0 fully saturated rings. The van der Waals surface area contributed by atoms with Gasteiger partial charge in [-0.25, -0.2) is 4.98 Å². The van der Waals surface area contributed by atoms with E-state index in [0.29, 0.717) is 22.2 Å². The smallest absolute Gasteiger partial charge is 0.267 e. The monoisotopic (exact) mass is 361 g/mol. The third kappa shape index (κ3) is 2.41. The van der Waals surface area contributed by atoms with Crippen molar-refractivity contribution in [1.29, 1.82) is 5.41 Å². The molecule has 3 N–H and O–H groups in total. The molecule has 0 radical (unpaired) electrons. The van der Waals surface area contributed by atoms with Gasteiger partial charge in [-0.1, -0.05) is 36.0 Å². The number of aryl methyl sites for hydroxylation is 1. The van der Waals surface area contributed by atoms with Crippen LogP contribution in [0.5, 0.6) is 0 Å². The van der Waals surface area contributed by atoms with Gasteiger partial charge in [0, 0.05) is 11.9 Å². The summed E-state index contributed by atoms with van der Waals surface area (Å²) in [6.07, 6.45) is 1.66. The normalized spacial score (nSPS) is 11.1. The third-order valence-electron chi connectivity index (χ3n) is 4.29. The predicted molar refractivity (Wildman–Crippen MR) is 105 cm³/mol. The lowest BCUT2D eigenvalue weighted by molar-refractivity contribution is 0.932. The van der Waals surface area contributed by atoms with Crippen LogP contribution in [-0.2, 0) is 0 Å². The van der Waals surface area contributed by atoms with Gasteiger partial charge in [-0.2, -0.15) is 0 Å². The Labute approximate surface area is 153 Å². The number of rotatable bonds is 2. The molecule has 128 valence electrons. The van der Waals surface area contributed by atoms with Crippen LogP contribution in [0.3, 0.4) is 0 Å². The van der Waals surface area contributed by atoms with Crippen molar-refractivity contribution in [1.82, 2.24) is 14.0 Å². The summed E-state index contributed by atoms with van der Waals surface area (Å²) < 4.78 is 3.08. The Morgan fingerprint density at radius 3 is 2.62 bits per heavy atom. The maximum absolute atomic E-state index is 13.0. The van der Waals surface area contributed by atoms with Crippen molar-refractivity contribution in [3.05, 3.63) is 81.7 Å². The molecule has 0 aliphatic rings. The van der Waals surface area contributed by atoms with Crippen molar-refractivity contribution in [3.63, 3.8) is 0 Å². The number of hydrogen-bond donors (Lipinski definition) is 2. The predicted octanol–water partition coefficient (Wildman–Crippen LogP) is 2.06. The van der Waals surface area contributed by atoms with E-state index in [2.05, 4.69) is 4.98 Å². The Kier molecular flexibility index (Phi) is 3.66. The lowest BCUT2D eigenvalue weighted by Gasteiger charge is -2.14. The first-order valence-corrected chi connectivity index (χ1v) is 8.37. The third-order valence-corrected chi connectivity index (χ3v) is 4.51. The lowest BCUT2D eigenvalue weighted by atomic mass is 10.1. The van der Waals surface area contributed by atoms with Crippen molar-refractivity contribution < 1.29 is 0 Å². The van der Waals surface area contributed by atoms with Crippen molar-refractivity contribution >= 4 is 33.9 Å². The molecule has 0 spiro atoms. The van der Waals surface area contributed by atoms with Crippen molar-refractivity contribution in [2.45, 2.75) is 6.92 Å². The average molecular weight is 361 g/mol. The molecule has 0 aliphatic heterocycles. The molecule has 1 aromatic carbocycles. The first-order chi connectivity index (χ1) is 12.5. The van der Waals surface area contributed by atoms with E-state index in [-0.39, 0.29) is 16.0 Å². The van der Waals surface area contributed by atoms with Gasteiger partial charge in [-0.15, -0.1) is 0 Å². The first-order valence-electron chi connectivity index (χ1n) is 7.96. The highest BCUT2D eigenvalue weighted by molar-refractivity contribution is 7.80. The summed E-state index contributed by atoms with van der Waals surface area (Å²) in [4.78, 5) is 17.7. The van der Waals surface area contributed by atoms with E-state index in [4.69, 9.17) is 23.4 Å². The van der Waals surface area contributed by atoms with Crippen LogP contribution in [0.2, 0.25) is 0 Å². The second kappa shape index (κ2) is 5.89. The van der Waals surface area contributed by atoms with Gasteiger partial charge in [0.15, 0.2) is 5.65 Å². The van der Waals surface area contributed by atoms with Crippen LogP contribution >= 0.6 is 12.2 Å². The summed E-state index contributed by atoms with van der Waals surface area (Å²) in [5.74, 6) is 0. The molecular weight excluding hydrogens is 346 g/mol. The number of nitrogens with zero attached hydrogens (tertiary/aromatic N) is 3. The highest BCUT2D eigenvalue weighted by atomic mass is 32.1. The summed E-state index contributed by atoms with van der Waals surface area (Å²) in [7, 11) is 0. The zero-order valence-corrected chi connectivity index (χ0v) is 14.7. The van der Waals surface area contributed by atoms with Gasteiger partial charge < -0.3 is 5.73 Å². The molecule has 0 amide bonds. The Hall–Kier alpha value is -3.32. The molecule has 0 atom stereocenters. The van der Waals surface area contributed by atoms with E-state index in [1.165, 1.54) is 4.40 Å². The number of pyridine rings is 2. The van der Waals surface area contributed by atoms with Crippen molar-refractivity contribution in [2.75, 3.05) is 0 Å². The lowest BCUT2D eigenvalue weighted by Crippen LogP contribution is -2.31. The fourth-order valence-corrected chi connectivity index (χ4v) is 3.12. The van der Waals surface area contributed by atoms with E-state index >= 15 is 0 Å². The Morgan fingerprint density at radius 1 is 1.19 bits per heavy atom. The molecule has 4 rings (SSSR count). The van der Waals surface area contributed by atoms with Crippen molar-refractivity contribution in [2.24, 2.45) is 5.73 Å². The fourth-order valence-electron chi connectivity index (χ4n) is 2.96. The number of nitrogens with one attached hydrogen (secondary N) is 1. The molecule has 0 saturated carbocycles. The molecule has 0 aliphatic carbocycles. The van der Waals surface area contributed by atoms with Crippen LogP contribution in [0.1, 0.15) is 11.1 Å². The highest BCUT2D eigenvalue weighted by Crippen LogP contribution is 2.15. The number of aromatic nitrogens is 3. The van der Waals surface area contributed by atoms with Crippen LogP contribution in [0.4, 0.5) is 0 Å². The van der Waals surface area contributed by atoms with Crippen LogP contribution in [0.15, 0.2) is 59.5 Å². The summed E-state index contributed by atoms with van der Waals surface area (Å²) >= 11 is 5.10. The zero-order chi connectivity index (χ0) is 18.4. The van der Waals surface area contributed by atoms with Gasteiger partial charge in [-0.3, -0.25) is 19.2 Å². The second-order valence-electron chi connectivity index (χ2n) is 6.02. The minimum Gasteiger partial charge on any atom is -0.389 e. The zero-order valence-electron chi connectivity index (χ0n) is 13.9. The number of fused-ring (bicyclic) bond motifs is 2. The van der Waals surface area contributed by atoms with Gasteiger partial charge in [0.25, 0.3) is 5.56 Å². The van der Waals surface area contributed by atoms with Gasteiger partial charge >= 0.3 is 0 Å². The largest absolute Gasteiger partial charge is 0.389 e. The summed E-state index contributed by atoms with van der Waals surface area (Å²) in [6, 6.07) is 14.5. The van der Waals surface area contributed by atoms with Gasteiger partial charge in [0.2, 0.25) is 0 Å². The minimum absolute atomic E-state index is 0.0651. The molecule has 7 heteroatoms. The van der Waals surface area contributed by atoms with E-state index in [1.54, 1.807) is 29.0 Å². The molecule has 0 bridgehead atoms. The second-order valence-corrected chi connectivity index (χ2v) is 6.46. The molecule has 3 aromatic heterocycles. The van der Waals surface area contributed by atoms with E-state index < -0.39 is 0 Å². The van der Waals surface area contributed by atoms with E-state index in [0.717, 1.165) is 11.3 Å². The summed E-state index contributed by atoms with van der Waals surface area (Å²) in [5.41, 5.74) is 8.73. The van der Waals surface area contributed by atoms with E-state index in [9.17, 15) is 4.79 Å². The first kappa shape index (κ1) is 16.2. The number of nitrogens with two attached hydrogens (primary N) is 1. The minimum atomic E-state index is -0.232. The van der Waals surface area contributed by atoms with Gasteiger partial charge in [0.1, 0.15) is 16.1 Å². The maximum Gasteiger partial charge on any atom is 0.267 e.